The Kier molecular flexibility index (Phi) is 4.60. The van der Waals surface area contributed by atoms with Crippen molar-refractivity contribution in [2.45, 2.75) is 26.2 Å². The molecule has 1 aliphatic rings. The van der Waals surface area contributed by atoms with E-state index in [0.717, 1.165) is 30.1 Å². The van der Waals surface area contributed by atoms with Gasteiger partial charge >= 0.3 is 0 Å². The standard InChI is InChI=1S/C17H20FN3O2/c1-11-20-15-7-2-12(10-16(15)21-11)17(22)19-8-9-23-14-5-3-13(18)4-6-14/h3-6,12H,2,7-10H2,1H3,(H,19,22)(H,20,21)/t12-/m0/s1. The lowest BCUT2D eigenvalue weighted by atomic mass is 9.89. The lowest BCUT2D eigenvalue weighted by Gasteiger charge is -2.20. The molecule has 2 aromatic rings. The van der Waals surface area contributed by atoms with Crippen molar-refractivity contribution >= 4 is 5.91 Å². The normalized spacial score (nSPS) is 16.7. The average Bonchev–Trinajstić information content (AvgIpc) is 2.92. The van der Waals surface area contributed by atoms with Gasteiger partial charge in [-0.1, -0.05) is 0 Å². The topological polar surface area (TPSA) is 67.0 Å². The number of fused-ring (bicyclic) bond motifs is 1. The van der Waals surface area contributed by atoms with Crippen molar-refractivity contribution in [1.82, 2.24) is 15.3 Å². The van der Waals surface area contributed by atoms with E-state index in [-0.39, 0.29) is 17.6 Å². The van der Waals surface area contributed by atoms with E-state index < -0.39 is 0 Å². The number of nitrogens with one attached hydrogen (secondary N) is 2. The van der Waals surface area contributed by atoms with Crippen LogP contribution in [0, 0.1) is 18.7 Å². The third-order valence-corrected chi connectivity index (χ3v) is 4.02. The first-order valence-corrected chi connectivity index (χ1v) is 7.82. The fourth-order valence-corrected chi connectivity index (χ4v) is 2.87. The van der Waals surface area contributed by atoms with Gasteiger partial charge in [0, 0.05) is 18.0 Å². The fraction of sp³-hybridized carbons (Fsp3) is 0.412. The van der Waals surface area contributed by atoms with E-state index in [1.54, 1.807) is 12.1 Å². The summed E-state index contributed by atoms with van der Waals surface area (Å²) >= 11 is 0. The van der Waals surface area contributed by atoms with Crippen LogP contribution in [0.25, 0.3) is 0 Å². The molecule has 0 aliphatic heterocycles. The summed E-state index contributed by atoms with van der Waals surface area (Å²) in [6, 6.07) is 5.83. The van der Waals surface area contributed by atoms with Gasteiger partial charge in [-0.3, -0.25) is 4.79 Å². The van der Waals surface area contributed by atoms with Gasteiger partial charge in [0.05, 0.1) is 12.2 Å². The number of aromatic nitrogens is 2. The van der Waals surface area contributed by atoms with E-state index >= 15 is 0 Å². The van der Waals surface area contributed by atoms with E-state index in [9.17, 15) is 9.18 Å². The molecule has 1 heterocycles. The molecule has 122 valence electrons. The first-order chi connectivity index (χ1) is 11.1. The van der Waals surface area contributed by atoms with E-state index in [2.05, 4.69) is 15.3 Å². The zero-order valence-electron chi connectivity index (χ0n) is 13.1. The molecule has 6 heteroatoms. The summed E-state index contributed by atoms with van der Waals surface area (Å²) in [5.41, 5.74) is 2.17. The second-order valence-electron chi connectivity index (χ2n) is 5.78. The van der Waals surface area contributed by atoms with Crippen LogP contribution in [0.4, 0.5) is 4.39 Å². The van der Waals surface area contributed by atoms with Crippen molar-refractivity contribution in [3.8, 4) is 5.75 Å². The Bertz CT molecular complexity index is 682. The van der Waals surface area contributed by atoms with Crippen molar-refractivity contribution in [2.75, 3.05) is 13.2 Å². The second-order valence-corrected chi connectivity index (χ2v) is 5.78. The van der Waals surface area contributed by atoms with E-state index in [1.165, 1.54) is 12.1 Å². The summed E-state index contributed by atoms with van der Waals surface area (Å²) in [6.07, 6.45) is 2.37. The highest BCUT2D eigenvalue weighted by Crippen LogP contribution is 2.23. The van der Waals surface area contributed by atoms with Crippen LogP contribution in [-0.4, -0.2) is 29.0 Å². The Morgan fingerprint density at radius 2 is 2.22 bits per heavy atom. The zero-order valence-corrected chi connectivity index (χ0v) is 13.1. The zero-order chi connectivity index (χ0) is 16.2. The maximum atomic E-state index is 12.8. The van der Waals surface area contributed by atoms with Crippen LogP contribution in [0.1, 0.15) is 23.6 Å². The Morgan fingerprint density at radius 3 is 3.00 bits per heavy atom. The molecule has 1 aromatic carbocycles. The maximum Gasteiger partial charge on any atom is 0.223 e. The highest BCUT2D eigenvalue weighted by molar-refractivity contribution is 5.79. The van der Waals surface area contributed by atoms with Gasteiger partial charge in [-0.05, 0) is 44.0 Å². The minimum absolute atomic E-state index is 0.0202. The number of hydrogen-bond acceptors (Lipinski definition) is 3. The Labute approximate surface area is 134 Å². The second kappa shape index (κ2) is 6.81. The van der Waals surface area contributed by atoms with Crippen LogP contribution in [0.2, 0.25) is 0 Å². The maximum absolute atomic E-state index is 12.8. The smallest absolute Gasteiger partial charge is 0.223 e. The minimum atomic E-state index is -0.295. The largest absolute Gasteiger partial charge is 0.492 e. The van der Waals surface area contributed by atoms with Crippen LogP contribution in [0.15, 0.2) is 24.3 Å². The number of H-pyrrole nitrogens is 1. The molecule has 0 saturated carbocycles. The molecule has 0 fully saturated rings. The van der Waals surface area contributed by atoms with Crippen molar-refractivity contribution in [3.63, 3.8) is 0 Å². The van der Waals surface area contributed by atoms with Crippen molar-refractivity contribution in [1.29, 1.82) is 0 Å². The molecule has 3 rings (SSSR count). The number of hydrogen-bond donors (Lipinski definition) is 2. The van der Waals surface area contributed by atoms with Gasteiger partial charge in [0.15, 0.2) is 0 Å². The first kappa shape index (κ1) is 15.5. The molecule has 0 radical (unpaired) electrons. The van der Waals surface area contributed by atoms with E-state index in [4.69, 9.17) is 4.74 Å². The molecule has 0 saturated heterocycles. The number of rotatable bonds is 5. The SMILES string of the molecule is Cc1nc2c([nH]1)C[C@@H](C(=O)NCCOc1ccc(F)cc1)CC2. The monoisotopic (exact) mass is 317 g/mol. The molecule has 2 N–H and O–H groups in total. The van der Waals surface area contributed by atoms with Crippen LogP contribution in [0.5, 0.6) is 5.75 Å². The Hall–Kier alpha value is -2.37. The van der Waals surface area contributed by atoms with Gasteiger partial charge in [-0.25, -0.2) is 9.37 Å². The minimum Gasteiger partial charge on any atom is -0.492 e. The third-order valence-electron chi connectivity index (χ3n) is 4.02. The van der Waals surface area contributed by atoms with Crippen LogP contribution < -0.4 is 10.1 Å². The predicted molar refractivity (Wildman–Crippen MR) is 83.7 cm³/mol. The van der Waals surface area contributed by atoms with Gasteiger partial charge in [0.2, 0.25) is 5.91 Å². The average molecular weight is 317 g/mol. The summed E-state index contributed by atoms with van der Waals surface area (Å²) in [5.74, 6) is 1.23. The molecular formula is C17H20FN3O2. The lowest BCUT2D eigenvalue weighted by molar-refractivity contribution is -0.125. The number of aromatic amines is 1. The molecule has 23 heavy (non-hydrogen) atoms. The molecule has 1 atom stereocenters. The van der Waals surface area contributed by atoms with Crippen molar-refractivity contribution in [3.05, 3.63) is 47.3 Å². The van der Waals surface area contributed by atoms with Crippen LogP contribution >= 0.6 is 0 Å². The third kappa shape index (κ3) is 3.88. The van der Waals surface area contributed by atoms with Gasteiger partial charge in [0.1, 0.15) is 24.0 Å². The summed E-state index contributed by atoms with van der Waals surface area (Å²) in [7, 11) is 0. The molecule has 0 spiro atoms. The number of amides is 1. The molecule has 0 unspecified atom stereocenters. The number of ether oxygens (including phenoxy) is 1. The predicted octanol–water partition coefficient (Wildman–Crippen LogP) is 2.16. The summed E-state index contributed by atoms with van der Waals surface area (Å²) in [6.45, 7) is 2.72. The Morgan fingerprint density at radius 1 is 1.43 bits per heavy atom. The molecular weight excluding hydrogens is 297 g/mol. The number of halogens is 1. The van der Waals surface area contributed by atoms with Crippen molar-refractivity contribution < 1.29 is 13.9 Å². The summed E-state index contributed by atoms with van der Waals surface area (Å²) in [4.78, 5) is 19.9. The number of aryl methyl sites for hydroxylation is 2. The number of benzene rings is 1. The number of nitrogens with zero attached hydrogens (tertiary/aromatic N) is 1. The fourth-order valence-electron chi connectivity index (χ4n) is 2.87. The van der Waals surface area contributed by atoms with E-state index in [1.807, 2.05) is 6.92 Å². The van der Waals surface area contributed by atoms with E-state index in [0.29, 0.717) is 25.3 Å². The van der Waals surface area contributed by atoms with Crippen LogP contribution in [0.3, 0.4) is 0 Å². The number of imidazole rings is 1. The first-order valence-electron chi connectivity index (χ1n) is 7.82. The number of carbonyl (C=O) groups is 1. The molecule has 1 aromatic heterocycles. The van der Waals surface area contributed by atoms with Gasteiger partial charge < -0.3 is 15.0 Å². The Balaban J connectivity index is 1.42. The number of carbonyl (C=O) groups excluding carboxylic acids is 1. The quantitative estimate of drug-likeness (QED) is 0.831. The summed E-state index contributed by atoms with van der Waals surface area (Å²) in [5, 5.41) is 2.90. The highest BCUT2D eigenvalue weighted by atomic mass is 19.1. The summed E-state index contributed by atoms with van der Waals surface area (Å²) < 4.78 is 18.2. The molecule has 1 aliphatic carbocycles. The lowest BCUT2D eigenvalue weighted by Crippen LogP contribution is -2.36. The van der Waals surface area contributed by atoms with Gasteiger partial charge in [0.25, 0.3) is 0 Å². The van der Waals surface area contributed by atoms with Crippen molar-refractivity contribution in [2.24, 2.45) is 5.92 Å². The molecule has 1 amide bonds. The molecule has 5 nitrogen and oxygen atoms in total. The molecule has 0 bridgehead atoms. The van der Waals surface area contributed by atoms with Crippen LogP contribution in [-0.2, 0) is 17.6 Å². The highest BCUT2D eigenvalue weighted by Gasteiger charge is 2.26. The van der Waals surface area contributed by atoms with Gasteiger partial charge in [-0.15, -0.1) is 0 Å². The van der Waals surface area contributed by atoms with Gasteiger partial charge in [-0.2, -0.15) is 0 Å².